The van der Waals surface area contributed by atoms with Gasteiger partial charge in [0.15, 0.2) is 0 Å². The number of amides is 1. The van der Waals surface area contributed by atoms with Crippen molar-refractivity contribution < 1.29 is 13.6 Å². The summed E-state index contributed by atoms with van der Waals surface area (Å²) in [7, 11) is 2.11. The summed E-state index contributed by atoms with van der Waals surface area (Å²) in [4.78, 5) is 30.8. The summed E-state index contributed by atoms with van der Waals surface area (Å²) < 4.78 is 30.9. The van der Waals surface area contributed by atoms with Gasteiger partial charge in [-0.25, -0.2) is 0 Å². The predicted octanol–water partition coefficient (Wildman–Crippen LogP) is 4.09. The molecule has 0 radical (unpaired) electrons. The number of nitrogens with zero attached hydrogens (tertiary/aromatic N) is 7. The minimum Gasteiger partial charge on any atom is -0.462 e. The van der Waals surface area contributed by atoms with Gasteiger partial charge in [-0.1, -0.05) is 36.9 Å². The lowest BCUT2D eigenvalue weighted by Gasteiger charge is -2.42. The molecule has 2 atom stereocenters. The first-order chi connectivity index (χ1) is 21.7. The van der Waals surface area contributed by atoms with Gasteiger partial charge in [-0.15, -0.1) is 0 Å². The minimum atomic E-state index is -2.25. The number of likely N-dealkylation sites (N-methyl/N-ethyl adjacent to an activating group) is 1. The normalized spacial score (nSPS) is 22.2. The maximum Gasteiger partial charge on any atom is 0.318 e. The summed E-state index contributed by atoms with van der Waals surface area (Å²) in [5.41, 5.74) is 3.06. The van der Waals surface area contributed by atoms with Crippen molar-refractivity contribution in [3.8, 4) is 12.1 Å². The number of nitriles is 1. The van der Waals surface area contributed by atoms with Crippen LogP contribution in [0.1, 0.15) is 40.2 Å². The SMILES string of the molecule is [2H]C([2H])([2H])c1cccc2cccc(N3CCc4c(nc(OC[C@@H]5CCCN5C)nc4N4CCN(C(=O)C=C)[C@@H](CC#N)C4)C3)c12. The van der Waals surface area contributed by atoms with Crippen LogP contribution < -0.4 is 14.5 Å². The number of fused-ring (bicyclic) bond motifs is 2. The zero-order valence-electron chi connectivity index (χ0n) is 27.1. The molecule has 0 N–H and O–H groups in total. The van der Waals surface area contributed by atoms with Crippen LogP contribution in [0.2, 0.25) is 0 Å². The van der Waals surface area contributed by atoms with Gasteiger partial charge in [-0.05, 0) is 62.8 Å². The van der Waals surface area contributed by atoms with Gasteiger partial charge in [0.2, 0.25) is 5.91 Å². The van der Waals surface area contributed by atoms with E-state index in [1.165, 1.54) is 6.08 Å². The zero-order valence-corrected chi connectivity index (χ0v) is 24.1. The van der Waals surface area contributed by atoms with Crippen LogP contribution in [0.25, 0.3) is 10.8 Å². The number of anilines is 2. The molecule has 3 aliphatic rings. The lowest BCUT2D eigenvalue weighted by Crippen LogP contribution is -2.55. The molecule has 9 nitrogen and oxygen atoms in total. The Morgan fingerprint density at radius 2 is 2.02 bits per heavy atom. The van der Waals surface area contributed by atoms with Crippen molar-refractivity contribution in [2.45, 2.75) is 51.2 Å². The number of hydrogen-bond donors (Lipinski definition) is 0. The highest BCUT2D eigenvalue weighted by atomic mass is 16.5. The number of likely N-dealkylation sites (tertiary alicyclic amines) is 1. The summed E-state index contributed by atoms with van der Waals surface area (Å²) in [6.45, 7) is 5.53. The van der Waals surface area contributed by atoms with E-state index in [1.807, 2.05) is 24.3 Å². The number of carbonyl (C=O) groups is 1. The van der Waals surface area contributed by atoms with Gasteiger partial charge in [0.05, 0.1) is 30.8 Å². The third-order valence-corrected chi connectivity index (χ3v) is 8.89. The maximum absolute atomic E-state index is 12.6. The number of aryl methyl sites for hydroxylation is 1. The van der Waals surface area contributed by atoms with E-state index in [-0.39, 0.29) is 18.4 Å². The van der Waals surface area contributed by atoms with Crippen LogP contribution >= 0.6 is 0 Å². The van der Waals surface area contributed by atoms with E-state index in [2.05, 4.69) is 34.4 Å². The second-order valence-electron chi connectivity index (χ2n) is 11.4. The Kier molecular flexibility index (Phi) is 6.97. The first-order valence-electron chi connectivity index (χ1n) is 16.2. The second-order valence-corrected chi connectivity index (χ2v) is 11.4. The van der Waals surface area contributed by atoms with Crippen molar-refractivity contribution in [1.29, 1.82) is 5.26 Å². The Morgan fingerprint density at radius 1 is 1.17 bits per heavy atom. The summed E-state index contributed by atoms with van der Waals surface area (Å²) in [6.07, 6.45) is 4.36. The number of ether oxygens (including phenoxy) is 1. The average molecular weight is 569 g/mol. The maximum atomic E-state index is 12.6. The van der Waals surface area contributed by atoms with Crippen molar-refractivity contribution >= 4 is 28.2 Å². The minimum absolute atomic E-state index is 0.175. The molecule has 2 aromatic carbocycles. The molecule has 2 saturated heterocycles. The highest BCUT2D eigenvalue weighted by molar-refractivity contribution is 5.97. The van der Waals surface area contributed by atoms with Crippen LogP contribution in [-0.2, 0) is 17.8 Å². The molecule has 1 aromatic heterocycles. The van der Waals surface area contributed by atoms with E-state index in [9.17, 15) is 10.1 Å². The quantitative estimate of drug-likeness (QED) is 0.394. The fourth-order valence-electron chi connectivity index (χ4n) is 6.60. The Labute approximate surface area is 252 Å². The van der Waals surface area contributed by atoms with Crippen LogP contribution in [-0.4, -0.2) is 84.1 Å². The summed E-state index contributed by atoms with van der Waals surface area (Å²) >= 11 is 0. The molecule has 0 saturated carbocycles. The van der Waals surface area contributed by atoms with Gasteiger partial charge in [-0.2, -0.15) is 15.2 Å². The molecule has 4 heterocycles. The van der Waals surface area contributed by atoms with Crippen LogP contribution in [0.15, 0.2) is 49.1 Å². The van der Waals surface area contributed by atoms with Crippen molar-refractivity contribution in [3.63, 3.8) is 0 Å². The van der Waals surface area contributed by atoms with E-state index < -0.39 is 6.85 Å². The molecule has 218 valence electrons. The number of piperazine rings is 1. The van der Waals surface area contributed by atoms with Gasteiger partial charge in [0.25, 0.3) is 0 Å². The van der Waals surface area contributed by atoms with E-state index in [1.54, 1.807) is 17.0 Å². The molecule has 0 bridgehead atoms. The van der Waals surface area contributed by atoms with Crippen LogP contribution in [0, 0.1) is 18.2 Å². The number of hydrogen-bond acceptors (Lipinski definition) is 8. The fourth-order valence-corrected chi connectivity index (χ4v) is 6.60. The molecular weight excluding hydrogens is 526 g/mol. The fraction of sp³-hybridized carbons (Fsp3) is 0.455. The topological polar surface area (TPSA) is 88.8 Å². The Bertz CT molecular complexity index is 1630. The molecule has 0 unspecified atom stereocenters. The molecule has 3 aromatic rings. The van der Waals surface area contributed by atoms with E-state index in [0.717, 1.165) is 52.9 Å². The first-order valence-corrected chi connectivity index (χ1v) is 14.7. The third-order valence-electron chi connectivity index (χ3n) is 8.89. The van der Waals surface area contributed by atoms with Crippen LogP contribution in [0.4, 0.5) is 11.5 Å². The van der Waals surface area contributed by atoms with Crippen LogP contribution in [0.3, 0.4) is 0 Å². The van der Waals surface area contributed by atoms with Crippen molar-refractivity contribution in [2.24, 2.45) is 0 Å². The Hall–Kier alpha value is -4.16. The number of carbonyl (C=O) groups excluding carboxylic acids is 1. The molecule has 6 rings (SSSR count). The molecule has 2 fully saturated rings. The molecule has 9 heteroatoms. The number of aromatic nitrogens is 2. The average Bonchev–Trinajstić information content (AvgIpc) is 3.46. The molecular formula is C33H39N7O2. The Morgan fingerprint density at radius 3 is 2.79 bits per heavy atom. The summed E-state index contributed by atoms with van der Waals surface area (Å²) in [5, 5.41) is 11.2. The monoisotopic (exact) mass is 568 g/mol. The highest BCUT2D eigenvalue weighted by Crippen LogP contribution is 2.36. The third kappa shape index (κ3) is 5.39. The summed E-state index contributed by atoms with van der Waals surface area (Å²) in [5.74, 6) is 0.607. The van der Waals surface area contributed by atoms with E-state index in [0.29, 0.717) is 63.4 Å². The van der Waals surface area contributed by atoms with Gasteiger partial charge < -0.3 is 24.3 Å². The molecule has 0 spiro atoms. The van der Waals surface area contributed by atoms with E-state index in [4.69, 9.17) is 18.8 Å². The predicted molar refractivity (Wildman–Crippen MR) is 165 cm³/mol. The first kappa shape index (κ1) is 24.4. The lowest BCUT2D eigenvalue weighted by atomic mass is 9.99. The number of rotatable bonds is 7. The Balaban J connectivity index is 1.36. The smallest absolute Gasteiger partial charge is 0.318 e. The van der Waals surface area contributed by atoms with Crippen molar-refractivity contribution in [3.05, 3.63) is 65.9 Å². The lowest BCUT2D eigenvalue weighted by molar-refractivity contribution is -0.128. The van der Waals surface area contributed by atoms with Gasteiger partial charge in [0, 0.05) is 53.0 Å². The standard InChI is InChI=1S/C33H39N7O2/c1-4-30(41)40-19-18-39(20-25(40)13-15-34)32-27-14-17-38(29-12-6-10-24-9-5-8-23(2)31(24)29)21-28(27)35-33(36-32)42-22-26-11-7-16-37(26)3/h4-6,8-10,12,25-26H,1,7,11,13-14,16-22H2,2-3H3/t25-,26-/m0/s1/i2D3. The highest BCUT2D eigenvalue weighted by Gasteiger charge is 2.33. The largest absolute Gasteiger partial charge is 0.462 e. The van der Waals surface area contributed by atoms with Crippen molar-refractivity contribution in [2.75, 3.05) is 56.2 Å². The second kappa shape index (κ2) is 12.0. The van der Waals surface area contributed by atoms with Crippen molar-refractivity contribution in [1.82, 2.24) is 19.8 Å². The number of benzene rings is 2. The summed E-state index contributed by atoms with van der Waals surface area (Å²) in [6, 6.07) is 13.9. The van der Waals surface area contributed by atoms with Crippen LogP contribution in [0.5, 0.6) is 6.01 Å². The molecule has 1 amide bonds. The van der Waals surface area contributed by atoms with E-state index >= 15 is 0 Å². The van der Waals surface area contributed by atoms with Gasteiger partial charge >= 0.3 is 6.01 Å². The zero-order chi connectivity index (χ0) is 31.7. The molecule has 3 aliphatic heterocycles. The van der Waals surface area contributed by atoms with Gasteiger partial charge in [-0.3, -0.25) is 4.79 Å². The molecule has 0 aliphatic carbocycles. The molecule has 42 heavy (non-hydrogen) atoms. The van der Waals surface area contributed by atoms with Gasteiger partial charge in [0.1, 0.15) is 12.4 Å².